The van der Waals surface area contributed by atoms with Gasteiger partial charge in [0.05, 0.1) is 24.4 Å². The minimum atomic E-state index is -1.37. The lowest BCUT2D eigenvalue weighted by Crippen LogP contribution is -2.21. The summed E-state index contributed by atoms with van der Waals surface area (Å²) in [5.41, 5.74) is 1.45. The molecule has 0 aliphatic carbocycles. The third-order valence-corrected chi connectivity index (χ3v) is 2.38. The van der Waals surface area contributed by atoms with Crippen molar-refractivity contribution in [2.24, 2.45) is 0 Å². The van der Waals surface area contributed by atoms with E-state index in [0.717, 1.165) is 0 Å². The Morgan fingerprint density at radius 1 is 1.41 bits per heavy atom. The fourth-order valence-corrected chi connectivity index (χ4v) is 1.52. The molecule has 0 saturated heterocycles. The van der Waals surface area contributed by atoms with E-state index in [0.29, 0.717) is 16.7 Å². The normalized spacial score (nSPS) is 14.7. The van der Waals surface area contributed by atoms with Crippen molar-refractivity contribution in [3.05, 3.63) is 24.2 Å². The number of aromatic nitrogens is 3. The fraction of sp³-hybridized carbons (Fsp3) is 0.300. The highest BCUT2D eigenvalue weighted by atomic mass is 16.4. The monoisotopic (exact) mass is 237 g/mol. The number of fused-ring (bicyclic) bond motifs is 1. The first-order chi connectivity index (χ1) is 8.08. The van der Waals surface area contributed by atoms with Crippen LogP contribution in [0.2, 0.25) is 0 Å². The van der Waals surface area contributed by atoms with Gasteiger partial charge in [-0.25, -0.2) is 9.97 Å². The van der Waals surface area contributed by atoms with E-state index in [9.17, 15) is 15.0 Å². The topological polar surface area (TPSA) is 119 Å². The zero-order valence-electron chi connectivity index (χ0n) is 8.74. The van der Waals surface area contributed by atoms with Crippen LogP contribution in [0, 0.1) is 0 Å². The van der Waals surface area contributed by atoms with Crippen LogP contribution < -0.4 is 0 Å². The van der Waals surface area contributed by atoms with Crippen LogP contribution in [0.25, 0.3) is 11.2 Å². The smallest absolute Gasteiger partial charge is 0.306 e. The second-order valence-electron chi connectivity index (χ2n) is 3.65. The Morgan fingerprint density at radius 2 is 2.18 bits per heavy atom. The second kappa shape index (κ2) is 4.48. The first kappa shape index (κ1) is 11.5. The number of carboxylic acid groups (broad SMARTS) is 1. The molecule has 90 valence electrons. The predicted molar refractivity (Wildman–Crippen MR) is 57.1 cm³/mol. The summed E-state index contributed by atoms with van der Waals surface area (Å²) in [6, 6.07) is 1.57. The second-order valence-corrected chi connectivity index (χ2v) is 3.65. The van der Waals surface area contributed by atoms with E-state index in [2.05, 4.69) is 15.0 Å². The minimum Gasteiger partial charge on any atom is -0.481 e. The maximum atomic E-state index is 10.4. The summed E-state index contributed by atoms with van der Waals surface area (Å²) in [4.78, 5) is 21.1. The van der Waals surface area contributed by atoms with Crippen LogP contribution in [-0.4, -0.2) is 42.3 Å². The molecule has 17 heavy (non-hydrogen) atoms. The third-order valence-electron chi connectivity index (χ3n) is 2.38. The average Bonchev–Trinajstić information content (AvgIpc) is 2.73. The number of pyridine rings is 1. The molecule has 0 saturated carbocycles. The van der Waals surface area contributed by atoms with Gasteiger partial charge in [0.2, 0.25) is 0 Å². The molecule has 2 atom stereocenters. The SMILES string of the molecule is O=C(O)CC(O)C(O)c1cnc2nc[nH]c2c1. The number of aromatic amines is 1. The molecule has 2 aromatic rings. The van der Waals surface area contributed by atoms with E-state index in [-0.39, 0.29) is 0 Å². The van der Waals surface area contributed by atoms with Gasteiger partial charge in [0, 0.05) is 11.8 Å². The van der Waals surface area contributed by atoms with Crippen LogP contribution in [0.3, 0.4) is 0 Å². The first-order valence-electron chi connectivity index (χ1n) is 4.95. The number of aliphatic hydroxyl groups is 2. The number of rotatable bonds is 4. The third kappa shape index (κ3) is 2.40. The molecule has 2 aromatic heterocycles. The molecule has 0 amide bonds. The van der Waals surface area contributed by atoms with Gasteiger partial charge in [-0.1, -0.05) is 0 Å². The van der Waals surface area contributed by atoms with Crippen molar-refractivity contribution in [1.29, 1.82) is 0 Å². The number of carbonyl (C=O) groups is 1. The van der Waals surface area contributed by atoms with Crippen molar-refractivity contribution in [3.8, 4) is 0 Å². The highest BCUT2D eigenvalue weighted by Crippen LogP contribution is 2.20. The highest BCUT2D eigenvalue weighted by molar-refractivity contribution is 5.70. The number of imidazole rings is 1. The maximum Gasteiger partial charge on any atom is 0.306 e. The molecule has 0 aromatic carbocycles. The van der Waals surface area contributed by atoms with Crippen LogP contribution in [-0.2, 0) is 4.79 Å². The molecule has 0 aliphatic heterocycles. The molecule has 2 unspecified atom stereocenters. The Kier molecular flexibility index (Phi) is 3.03. The minimum absolute atomic E-state index is 0.343. The average molecular weight is 237 g/mol. The molecule has 0 fully saturated rings. The van der Waals surface area contributed by atoms with Gasteiger partial charge in [0.1, 0.15) is 6.10 Å². The highest BCUT2D eigenvalue weighted by Gasteiger charge is 2.21. The number of hydrogen-bond acceptors (Lipinski definition) is 5. The van der Waals surface area contributed by atoms with Crippen LogP contribution in [0.15, 0.2) is 18.6 Å². The summed E-state index contributed by atoms with van der Waals surface area (Å²) < 4.78 is 0. The van der Waals surface area contributed by atoms with Gasteiger partial charge >= 0.3 is 5.97 Å². The van der Waals surface area contributed by atoms with Gasteiger partial charge < -0.3 is 20.3 Å². The molecule has 0 spiro atoms. The van der Waals surface area contributed by atoms with E-state index in [1.165, 1.54) is 12.5 Å². The van der Waals surface area contributed by atoms with Crippen LogP contribution >= 0.6 is 0 Å². The van der Waals surface area contributed by atoms with Crippen molar-refractivity contribution in [2.45, 2.75) is 18.6 Å². The summed E-state index contributed by atoms with van der Waals surface area (Å²) in [6.45, 7) is 0. The fourth-order valence-electron chi connectivity index (χ4n) is 1.52. The Bertz CT molecular complexity index is 539. The summed E-state index contributed by atoms with van der Waals surface area (Å²) >= 11 is 0. The van der Waals surface area contributed by atoms with Crippen molar-refractivity contribution >= 4 is 17.1 Å². The van der Waals surface area contributed by atoms with Crippen molar-refractivity contribution in [1.82, 2.24) is 15.0 Å². The number of nitrogens with one attached hydrogen (secondary N) is 1. The number of aliphatic carboxylic acids is 1. The molecule has 0 radical (unpaired) electrons. The van der Waals surface area contributed by atoms with E-state index in [1.54, 1.807) is 6.07 Å². The van der Waals surface area contributed by atoms with E-state index in [1.807, 2.05) is 0 Å². The lowest BCUT2D eigenvalue weighted by Gasteiger charge is -2.15. The number of hydrogen-bond donors (Lipinski definition) is 4. The van der Waals surface area contributed by atoms with Gasteiger partial charge in [0.15, 0.2) is 5.65 Å². The number of carboxylic acids is 1. The number of H-pyrrole nitrogens is 1. The first-order valence-corrected chi connectivity index (χ1v) is 4.95. The molecular formula is C10H11N3O4. The quantitative estimate of drug-likeness (QED) is 0.586. The molecular weight excluding hydrogens is 226 g/mol. The van der Waals surface area contributed by atoms with Gasteiger partial charge in [0.25, 0.3) is 0 Å². The van der Waals surface area contributed by atoms with Crippen molar-refractivity contribution in [2.75, 3.05) is 0 Å². The molecule has 7 heteroatoms. The van der Waals surface area contributed by atoms with Gasteiger partial charge in [-0.2, -0.15) is 0 Å². The summed E-state index contributed by atoms with van der Waals surface area (Å²) in [6.07, 6.45) is -0.358. The van der Waals surface area contributed by atoms with E-state index < -0.39 is 24.6 Å². The lowest BCUT2D eigenvalue weighted by molar-refractivity contribution is -0.141. The summed E-state index contributed by atoms with van der Waals surface area (Å²) in [7, 11) is 0. The molecule has 2 heterocycles. The molecule has 7 nitrogen and oxygen atoms in total. The lowest BCUT2D eigenvalue weighted by atomic mass is 10.0. The van der Waals surface area contributed by atoms with E-state index in [4.69, 9.17) is 5.11 Å². The van der Waals surface area contributed by atoms with Crippen LogP contribution in [0.1, 0.15) is 18.1 Å². The maximum absolute atomic E-state index is 10.4. The van der Waals surface area contributed by atoms with Gasteiger partial charge in [-0.3, -0.25) is 4.79 Å². The van der Waals surface area contributed by atoms with Gasteiger partial charge in [-0.05, 0) is 6.07 Å². The molecule has 0 aliphatic rings. The Hall–Kier alpha value is -1.99. The number of nitrogens with zero attached hydrogens (tertiary/aromatic N) is 2. The zero-order valence-corrected chi connectivity index (χ0v) is 8.74. The Morgan fingerprint density at radius 3 is 2.88 bits per heavy atom. The number of aliphatic hydroxyl groups excluding tert-OH is 2. The Labute approximate surface area is 95.8 Å². The predicted octanol–water partition coefficient (Wildman–Crippen LogP) is -0.173. The zero-order chi connectivity index (χ0) is 12.4. The van der Waals surface area contributed by atoms with Crippen LogP contribution in [0.5, 0.6) is 0 Å². The van der Waals surface area contributed by atoms with Crippen LogP contribution in [0.4, 0.5) is 0 Å². The van der Waals surface area contributed by atoms with Gasteiger partial charge in [-0.15, -0.1) is 0 Å². The summed E-state index contributed by atoms with van der Waals surface area (Å²) in [5, 5.41) is 27.7. The van der Waals surface area contributed by atoms with E-state index >= 15 is 0 Å². The van der Waals surface area contributed by atoms with Crippen molar-refractivity contribution in [3.63, 3.8) is 0 Å². The Balaban J connectivity index is 2.23. The van der Waals surface area contributed by atoms with Crippen molar-refractivity contribution < 1.29 is 20.1 Å². The largest absolute Gasteiger partial charge is 0.481 e. The molecule has 4 N–H and O–H groups in total. The standard InChI is InChI=1S/C10H11N3O4/c14-7(2-8(15)16)9(17)5-1-6-10(11-3-5)13-4-12-6/h1,3-4,7,9,14,17H,2H2,(H,15,16)(H,11,12,13). The molecule has 0 bridgehead atoms. The molecule has 2 rings (SSSR count). The summed E-state index contributed by atoms with van der Waals surface area (Å²) in [5.74, 6) is -1.17.